The molecular formula is C21H21NO2. The van der Waals surface area contributed by atoms with E-state index in [2.05, 4.69) is 41.4 Å². The molecule has 2 aromatic carbocycles. The van der Waals surface area contributed by atoms with E-state index in [0.717, 1.165) is 36.6 Å². The minimum Gasteiger partial charge on any atom is -0.461 e. The number of esters is 1. The molecule has 0 fully saturated rings. The van der Waals surface area contributed by atoms with Crippen LogP contribution in [-0.4, -0.2) is 17.6 Å². The molecule has 0 spiro atoms. The van der Waals surface area contributed by atoms with Crippen LogP contribution in [0.15, 0.2) is 42.5 Å². The van der Waals surface area contributed by atoms with Crippen molar-refractivity contribution in [3.05, 3.63) is 70.4 Å². The van der Waals surface area contributed by atoms with E-state index < -0.39 is 0 Å². The number of rotatable bonds is 2. The molecule has 3 aromatic rings. The molecule has 4 aliphatic carbocycles. The van der Waals surface area contributed by atoms with Crippen LogP contribution in [0, 0.1) is 0 Å². The summed E-state index contributed by atoms with van der Waals surface area (Å²) in [4.78, 5) is 15.4. The molecule has 0 saturated carbocycles. The van der Waals surface area contributed by atoms with Gasteiger partial charge in [-0.15, -0.1) is 0 Å². The summed E-state index contributed by atoms with van der Waals surface area (Å²) in [7, 11) is 0. The lowest BCUT2D eigenvalue weighted by atomic mass is 9.94. The zero-order valence-electron chi connectivity index (χ0n) is 13.9. The number of benzene rings is 2. The summed E-state index contributed by atoms with van der Waals surface area (Å²) in [5.74, 6) is -0.276. The molecule has 4 bridgehead atoms. The van der Waals surface area contributed by atoms with Gasteiger partial charge in [0.15, 0.2) is 0 Å². The number of carbonyl (C=O) groups is 1. The number of carbonyl (C=O) groups excluding carboxylic acids is 1. The molecule has 3 nitrogen and oxygen atoms in total. The molecule has 24 heavy (non-hydrogen) atoms. The summed E-state index contributed by atoms with van der Waals surface area (Å²) >= 11 is 0. The van der Waals surface area contributed by atoms with E-state index in [1.54, 1.807) is 0 Å². The van der Waals surface area contributed by atoms with Crippen molar-refractivity contribution in [2.45, 2.75) is 32.6 Å². The van der Waals surface area contributed by atoms with Crippen LogP contribution in [0.5, 0.6) is 0 Å². The molecule has 0 aliphatic heterocycles. The Morgan fingerprint density at radius 3 is 2.25 bits per heavy atom. The predicted molar refractivity (Wildman–Crippen MR) is 95.5 cm³/mol. The first kappa shape index (κ1) is 15.0. The molecule has 0 radical (unpaired) electrons. The Morgan fingerprint density at radius 2 is 1.58 bits per heavy atom. The maximum atomic E-state index is 12.1. The predicted octanol–water partition coefficient (Wildman–Crippen LogP) is 4.23. The molecule has 0 amide bonds. The number of nitrogens with one attached hydrogen (secondary N) is 1. The monoisotopic (exact) mass is 319 g/mol. The first-order chi connectivity index (χ1) is 11.7. The second-order valence-corrected chi connectivity index (χ2v) is 6.39. The third-order valence-corrected chi connectivity index (χ3v) is 4.85. The Balaban J connectivity index is 1.81. The molecule has 0 unspecified atom stereocenters. The van der Waals surface area contributed by atoms with E-state index in [0.29, 0.717) is 12.3 Å². The zero-order valence-corrected chi connectivity index (χ0v) is 13.9. The minimum absolute atomic E-state index is 0.276. The quantitative estimate of drug-likeness (QED) is 0.718. The van der Waals surface area contributed by atoms with Gasteiger partial charge >= 0.3 is 5.97 Å². The molecule has 122 valence electrons. The van der Waals surface area contributed by atoms with Crippen LogP contribution in [0.1, 0.15) is 39.7 Å². The van der Waals surface area contributed by atoms with Gasteiger partial charge in [0.2, 0.25) is 0 Å². The molecule has 0 atom stereocenters. The van der Waals surface area contributed by atoms with Gasteiger partial charge in [-0.25, -0.2) is 4.79 Å². The zero-order chi connectivity index (χ0) is 16.5. The lowest BCUT2D eigenvalue weighted by Crippen LogP contribution is -2.04. The number of ether oxygens (including phenoxy) is 1. The maximum absolute atomic E-state index is 12.1. The van der Waals surface area contributed by atoms with Crippen molar-refractivity contribution >= 4 is 16.9 Å². The second kappa shape index (κ2) is 6.16. The third-order valence-electron chi connectivity index (χ3n) is 4.85. The largest absolute Gasteiger partial charge is 0.461 e. The van der Waals surface area contributed by atoms with Crippen molar-refractivity contribution in [2.75, 3.05) is 6.61 Å². The molecule has 0 saturated heterocycles. The van der Waals surface area contributed by atoms with Gasteiger partial charge in [-0.2, -0.15) is 0 Å². The van der Waals surface area contributed by atoms with Gasteiger partial charge in [-0.3, -0.25) is 0 Å². The average molecular weight is 319 g/mol. The summed E-state index contributed by atoms with van der Waals surface area (Å²) in [5, 5.41) is 1.16. The van der Waals surface area contributed by atoms with Crippen LogP contribution in [0.4, 0.5) is 0 Å². The Kier molecular flexibility index (Phi) is 3.85. The second-order valence-electron chi connectivity index (χ2n) is 6.39. The summed E-state index contributed by atoms with van der Waals surface area (Å²) in [5.41, 5.74) is 6.89. The number of aromatic amines is 1. The fraction of sp³-hybridized carbons (Fsp3) is 0.286. The van der Waals surface area contributed by atoms with Gasteiger partial charge in [0.05, 0.1) is 6.61 Å². The van der Waals surface area contributed by atoms with Crippen molar-refractivity contribution in [2.24, 2.45) is 0 Å². The van der Waals surface area contributed by atoms with Crippen LogP contribution in [0.2, 0.25) is 0 Å². The summed E-state index contributed by atoms with van der Waals surface area (Å²) in [6.07, 6.45) is 3.94. The van der Waals surface area contributed by atoms with E-state index in [1.165, 1.54) is 22.3 Å². The lowest BCUT2D eigenvalue weighted by Gasteiger charge is -2.11. The third kappa shape index (κ3) is 2.71. The molecular weight excluding hydrogens is 298 g/mol. The first-order valence-corrected chi connectivity index (χ1v) is 8.63. The summed E-state index contributed by atoms with van der Waals surface area (Å²) < 4.78 is 5.16. The average Bonchev–Trinajstić information content (AvgIpc) is 3.03. The molecule has 7 rings (SSSR count). The van der Waals surface area contributed by atoms with Gasteiger partial charge in [0.1, 0.15) is 5.69 Å². The SMILES string of the molecule is CCOC(=O)c1cc2c3ccc(c2[nH]1)CCc1ccc(cc1)CC3. The Bertz CT molecular complexity index is 826. The number of aryl methyl sites for hydroxylation is 4. The highest BCUT2D eigenvalue weighted by Gasteiger charge is 2.16. The Labute approximate surface area is 141 Å². The standard InChI is InChI=1S/C21H21NO2/c1-2-24-21(23)19-13-18-16-9-7-14-3-5-15(6-4-14)8-10-17(12-11-16)20(18)22-19/h3-6,11-13,22H,2,7-10H2,1H3. The molecule has 3 heteroatoms. The highest BCUT2D eigenvalue weighted by molar-refractivity contribution is 5.97. The van der Waals surface area contributed by atoms with Crippen LogP contribution >= 0.6 is 0 Å². The van der Waals surface area contributed by atoms with Crippen LogP contribution < -0.4 is 0 Å². The van der Waals surface area contributed by atoms with Crippen molar-refractivity contribution in [3.63, 3.8) is 0 Å². The van der Waals surface area contributed by atoms with E-state index in [-0.39, 0.29) is 5.97 Å². The van der Waals surface area contributed by atoms with Crippen molar-refractivity contribution in [3.8, 4) is 0 Å². The van der Waals surface area contributed by atoms with Gasteiger partial charge in [0.25, 0.3) is 0 Å². The molecule has 1 N–H and O–H groups in total. The van der Waals surface area contributed by atoms with Crippen molar-refractivity contribution in [1.29, 1.82) is 0 Å². The summed E-state index contributed by atoms with van der Waals surface area (Å²) in [6.45, 7) is 2.22. The first-order valence-electron chi connectivity index (χ1n) is 8.63. The number of H-pyrrole nitrogens is 1. The topological polar surface area (TPSA) is 42.1 Å². The van der Waals surface area contributed by atoms with E-state index in [1.807, 2.05) is 13.0 Å². The number of hydrogen-bond donors (Lipinski definition) is 1. The minimum atomic E-state index is -0.276. The van der Waals surface area contributed by atoms with Gasteiger partial charge < -0.3 is 9.72 Å². The smallest absolute Gasteiger partial charge is 0.354 e. The van der Waals surface area contributed by atoms with Gasteiger partial charge in [-0.1, -0.05) is 36.4 Å². The lowest BCUT2D eigenvalue weighted by molar-refractivity contribution is 0.0520. The van der Waals surface area contributed by atoms with E-state index >= 15 is 0 Å². The van der Waals surface area contributed by atoms with E-state index in [9.17, 15) is 4.79 Å². The fourth-order valence-electron chi connectivity index (χ4n) is 3.51. The molecule has 1 aromatic heterocycles. The summed E-state index contributed by atoms with van der Waals surface area (Å²) in [6, 6.07) is 15.3. The van der Waals surface area contributed by atoms with Gasteiger partial charge in [-0.05, 0) is 60.9 Å². The maximum Gasteiger partial charge on any atom is 0.354 e. The van der Waals surface area contributed by atoms with Crippen LogP contribution in [0.3, 0.4) is 0 Å². The number of hydrogen-bond acceptors (Lipinski definition) is 2. The fourth-order valence-corrected chi connectivity index (χ4v) is 3.51. The highest BCUT2D eigenvalue weighted by Crippen LogP contribution is 2.27. The molecule has 1 heterocycles. The number of aromatic nitrogens is 1. The Morgan fingerprint density at radius 1 is 0.958 bits per heavy atom. The van der Waals surface area contributed by atoms with Gasteiger partial charge in [0, 0.05) is 10.9 Å². The van der Waals surface area contributed by atoms with Crippen LogP contribution in [-0.2, 0) is 30.4 Å². The highest BCUT2D eigenvalue weighted by atomic mass is 16.5. The van der Waals surface area contributed by atoms with Crippen molar-refractivity contribution in [1.82, 2.24) is 4.98 Å². The van der Waals surface area contributed by atoms with Crippen LogP contribution in [0.25, 0.3) is 10.9 Å². The van der Waals surface area contributed by atoms with E-state index in [4.69, 9.17) is 4.74 Å². The molecule has 4 aliphatic rings. The van der Waals surface area contributed by atoms with Crippen molar-refractivity contribution < 1.29 is 9.53 Å². The Hall–Kier alpha value is -2.55. The normalized spacial score (nSPS) is 13.7.